The summed E-state index contributed by atoms with van der Waals surface area (Å²) in [6, 6.07) is 1.85. The Bertz CT molecular complexity index is 521. The first kappa shape index (κ1) is 14.3. The van der Waals surface area contributed by atoms with Gasteiger partial charge in [-0.05, 0) is 25.8 Å². The van der Waals surface area contributed by atoms with Gasteiger partial charge in [0.15, 0.2) is 0 Å². The number of carboxylic acid groups (broad SMARTS) is 1. The molecule has 1 heterocycles. The predicted molar refractivity (Wildman–Crippen MR) is 72.7 cm³/mol. The highest BCUT2D eigenvalue weighted by atomic mass is 16.4. The maximum atomic E-state index is 12.2. The van der Waals surface area contributed by atoms with Gasteiger partial charge in [-0.2, -0.15) is 5.10 Å². The van der Waals surface area contributed by atoms with Gasteiger partial charge in [-0.1, -0.05) is 12.2 Å². The minimum atomic E-state index is -0.909. The zero-order valence-electron chi connectivity index (χ0n) is 11.5. The smallest absolute Gasteiger partial charge is 0.307 e. The average Bonchev–Trinajstić information content (AvgIpc) is 2.92. The van der Waals surface area contributed by atoms with Gasteiger partial charge in [0, 0.05) is 12.7 Å². The number of carboxylic acids is 1. The number of nitrogens with one attached hydrogen (secondary N) is 1. The number of amides is 1. The third kappa shape index (κ3) is 3.07. The lowest BCUT2D eigenvalue weighted by Crippen LogP contribution is -2.38. The van der Waals surface area contributed by atoms with Crippen LogP contribution in [0, 0.1) is 11.8 Å². The first-order valence-corrected chi connectivity index (χ1v) is 6.79. The molecule has 0 bridgehead atoms. The molecule has 0 spiro atoms. The van der Waals surface area contributed by atoms with Crippen LogP contribution in [0.25, 0.3) is 0 Å². The molecule has 1 aliphatic rings. The van der Waals surface area contributed by atoms with E-state index in [0.717, 1.165) is 12.2 Å². The van der Waals surface area contributed by atoms with Crippen LogP contribution in [0.5, 0.6) is 0 Å². The fraction of sp³-hybridized carbons (Fsp3) is 0.500. The van der Waals surface area contributed by atoms with E-state index < -0.39 is 17.8 Å². The summed E-state index contributed by atoms with van der Waals surface area (Å²) in [5.74, 6) is -2.23. The van der Waals surface area contributed by atoms with E-state index in [4.69, 9.17) is 5.11 Å². The van der Waals surface area contributed by atoms with E-state index in [1.807, 2.05) is 25.1 Å². The first-order valence-electron chi connectivity index (χ1n) is 6.79. The fourth-order valence-corrected chi connectivity index (χ4v) is 2.48. The van der Waals surface area contributed by atoms with Crippen molar-refractivity contribution in [2.24, 2.45) is 11.8 Å². The molecule has 6 heteroatoms. The summed E-state index contributed by atoms with van der Waals surface area (Å²) >= 11 is 0. The van der Waals surface area contributed by atoms with Gasteiger partial charge < -0.3 is 10.4 Å². The van der Waals surface area contributed by atoms with Crippen molar-refractivity contribution in [2.45, 2.75) is 32.9 Å². The van der Waals surface area contributed by atoms with Crippen molar-refractivity contribution in [2.75, 3.05) is 0 Å². The Morgan fingerprint density at radius 2 is 2.10 bits per heavy atom. The summed E-state index contributed by atoms with van der Waals surface area (Å²) in [6.07, 6.45) is 6.29. The largest absolute Gasteiger partial charge is 0.481 e. The summed E-state index contributed by atoms with van der Waals surface area (Å²) < 4.78 is 1.80. The molecular formula is C14H19N3O3. The molecule has 0 radical (unpaired) electrons. The molecule has 0 saturated carbocycles. The van der Waals surface area contributed by atoms with Crippen LogP contribution in [0.4, 0.5) is 0 Å². The quantitative estimate of drug-likeness (QED) is 0.792. The second kappa shape index (κ2) is 6.36. The molecule has 2 atom stereocenters. The van der Waals surface area contributed by atoms with Crippen molar-refractivity contribution < 1.29 is 14.7 Å². The Hall–Kier alpha value is -2.11. The van der Waals surface area contributed by atoms with Crippen LogP contribution in [0.1, 0.15) is 25.5 Å². The lowest BCUT2D eigenvalue weighted by Gasteiger charge is -2.24. The zero-order chi connectivity index (χ0) is 14.5. The van der Waals surface area contributed by atoms with E-state index >= 15 is 0 Å². The van der Waals surface area contributed by atoms with Crippen LogP contribution < -0.4 is 5.32 Å². The maximum Gasteiger partial charge on any atom is 0.307 e. The molecular weight excluding hydrogens is 258 g/mol. The molecule has 1 aliphatic carbocycles. The normalized spacial score (nSPS) is 21.6. The van der Waals surface area contributed by atoms with Crippen LogP contribution >= 0.6 is 0 Å². The number of hydrogen-bond acceptors (Lipinski definition) is 3. The van der Waals surface area contributed by atoms with Crippen molar-refractivity contribution in [3.8, 4) is 0 Å². The van der Waals surface area contributed by atoms with Gasteiger partial charge in [0.05, 0.1) is 24.1 Å². The Labute approximate surface area is 117 Å². The average molecular weight is 277 g/mol. The molecule has 0 fully saturated rings. The number of hydrogen-bond donors (Lipinski definition) is 2. The van der Waals surface area contributed by atoms with Gasteiger partial charge in [0.25, 0.3) is 0 Å². The third-order valence-electron chi connectivity index (χ3n) is 3.63. The monoisotopic (exact) mass is 277 g/mol. The van der Waals surface area contributed by atoms with E-state index in [9.17, 15) is 9.59 Å². The number of aryl methyl sites for hydroxylation is 1. The maximum absolute atomic E-state index is 12.2. The molecule has 0 saturated heterocycles. The van der Waals surface area contributed by atoms with E-state index in [1.54, 1.807) is 10.9 Å². The summed E-state index contributed by atoms with van der Waals surface area (Å²) in [7, 11) is 0. The molecule has 20 heavy (non-hydrogen) atoms. The van der Waals surface area contributed by atoms with Gasteiger partial charge in [-0.25, -0.2) is 0 Å². The fourth-order valence-electron chi connectivity index (χ4n) is 2.48. The lowest BCUT2D eigenvalue weighted by molar-refractivity contribution is -0.147. The Balaban J connectivity index is 1.97. The van der Waals surface area contributed by atoms with E-state index in [-0.39, 0.29) is 5.91 Å². The van der Waals surface area contributed by atoms with E-state index in [2.05, 4.69) is 10.4 Å². The number of nitrogens with zero attached hydrogens (tertiary/aromatic N) is 2. The van der Waals surface area contributed by atoms with Crippen LogP contribution in [0.3, 0.4) is 0 Å². The molecule has 2 N–H and O–H groups in total. The van der Waals surface area contributed by atoms with E-state index in [1.165, 1.54) is 0 Å². The van der Waals surface area contributed by atoms with Crippen LogP contribution in [0.2, 0.25) is 0 Å². The summed E-state index contributed by atoms with van der Waals surface area (Å²) in [5, 5.41) is 16.1. The second-order valence-electron chi connectivity index (χ2n) is 4.85. The minimum Gasteiger partial charge on any atom is -0.481 e. The number of aliphatic carboxylic acids is 1. The standard InChI is InChI=1S/C14H19N3O3/c1-2-17-10(7-8-16-17)9-15-13(18)11-5-3-4-6-12(11)14(19)20/h3-4,7-8,11-12H,2,5-6,9H2,1H3,(H,15,18)(H,19,20). The zero-order valence-corrected chi connectivity index (χ0v) is 11.5. The number of rotatable bonds is 5. The van der Waals surface area contributed by atoms with E-state index in [0.29, 0.717) is 19.4 Å². The highest BCUT2D eigenvalue weighted by molar-refractivity contribution is 5.85. The van der Waals surface area contributed by atoms with Gasteiger partial charge in [-0.3, -0.25) is 14.3 Å². The molecule has 2 rings (SSSR count). The van der Waals surface area contributed by atoms with Crippen molar-refractivity contribution in [3.63, 3.8) is 0 Å². The highest BCUT2D eigenvalue weighted by Crippen LogP contribution is 2.26. The Morgan fingerprint density at radius 1 is 1.40 bits per heavy atom. The number of allylic oxidation sites excluding steroid dienone is 2. The SMILES string of the molecule is CCn1nccc1CNC(=O)C1CC=CCC1C(=O)O. The van der Waals surface area contributed by atoms with Crippen LogP contribution in [-0.2, 0) is 22.7 Å². The van der Waals surface area contributed by atoms with Gasteiger partial charge in [0.2, 0.25) is 5.91 Å². The Kier molecular flexibility index (Phi) is 4.55. The molecule has 1 aromatic heterocycles. The van der Waals surface area contributed by atoms with Gasteiger partial charge >= 0.3 is 5.97 Å². The predicted octanol–water partition coefficient (Wildman–Crippen LogP) is 1.19. The second-order valence-corrected chi connectivity index (χ2v) is 4.85. The van der Waals surface area contributed by atoms with Crippen molar-refractivity contribution >= 4 is 11.9 Å². The number of carbonyl (C=O) groups is 2. The van der Waals surface area contributed by atoms with Crippen molar-refractivity contribution in [1.82, 2.24) is 15.1 Å². The number of carbonyl (C=O) groups excluding carboxylic acids is 1. The van der Waals surface area contributed by atoms with Gasteiger partial charge in [0.1, 0.15) is 0 Å². The number of aromatic nitrogens is 2. The van der Waals surface area contributed by atoms with Crippen molar-refractivity contribution in [3.05, 3.63) is 30.1 Å². The first-order chi connectivity index (χ1) is 9.63. The lowest BCUT2D eigenvalue weighted by atomic mass is 9.82. The molecule has 1 aromatic rings. The highest BCUT2D eigenvalue weighted by Gasteiger charge is 2.33. The third-order valence-corrected chi connectivity index (χ3v) is 3.63. The molecule has 1 amide bonds. The molecule has 6 nitrogen and oxygen atoms in total. The topological polar surface area (TPSA) is 84.2 Å². The van der Waals surface area contributed by atoms with Crippen molar-refractivity contribution in [1.29, 1.82) is 0 Å². The molecule has 0 aliphatic heterocycles. The van der Waals surface area contributed by atoms with Crippen LogP contribution in [-0.4, -0.2) is 26.8 Å². The minimum absolute atomic E-state index is 0.203. The summed E-state index contributed by atoms with van der Waals surface area (Å²) in [6.45, 7) is 3.09. The van der Waals surface area contributed by atoms with Gasteiger partial charge in [-0.15, -0.1) is 0 Å². The van der Waals surface area contributed by atoms with Crippen LogP contribution in [0.15, 0.2) is 24.4 Å². The summed E-state index contributed by atoms with van der Waals surface area (Å²) in [4.78, 5) is 23.3. The molecule has 2 unspecified atom stereocenters. The Morgan fingerprint density at radius 3 is 2.75 bits per heavy atom. The molecule has 0 aromatic carbocycles. The summed E-state index contributed by atoms with van der Waals surface area (Å²) in [5.41, 5.74) is 0.916. The molecule has 108 valence electrons.